The van der Waals surface area contributed by atoms with Crippen LogP contribution >= 0.6 is 0 Å². The second-order valence-electron chi connectivity index (χ2n) is 5.42. The normalized spacial score (nSPS) is 17.8. The van der Waals surface area contributed by atoms with Crippen molar-refractivity contribution in [2.45, 2.75) is 32.8 Å². The fourth-order valence-corrected chi connectivity index (χ4v) is 2.33. The van der Waals surface area contributed by atoms with Gasteiger partial charge in [0, 0.05) is 13.1 Å². The second-order valence-corrected chi connectivity index (χ2v) is 5.42. The molecule has 19 heavy (non-hydrogen) atoms. The number of likely N-dealkylation sites (tertiary alicyclic amines) is 1. The largest absolute Gasteiger partial charge is 0.378 e. The predicted molar refractivity (Wildman–Crippen MR) is 79.8 cm³/mol. The lowest BCUT2D eigenvalue weighted by atomic mass is 10.1. The molecule has 2 nitrogen and oxygen atoms in total. The molecule has 0 saturated carbocycles. The molecule has 1 atom stereocenters. The van der Waals surface area contributed by atoms with Crippen LogP contribution in [0.4, 0.5) is 0 Å². The number of ether oxygens (including phenoxy) is 1. The lowest BCUT2D eigenvalue weighted by molar-refractivity contribution is 0.103. The van der Waals surface area contributed by atoms with Gasteiger partial charge in [0.15, 0.2) is 0 Å². The molecule has 0 amide bonds. The van der Waals surface area contributed by atoms with E-state index in [9.17, 15) is 0 Å². The minimum absolute atomic E-state index is 0.477. The zero-order chi connectivity index (χ0) is 13.3. The molecule has 2 rings (SSSR count). The summed E-state index contributed by atoms with van der Waals surface area (Å²) in [4.78, 5) is 2.43. The average molecular weight is 259 g/mol. The molecule has 2 heteroatoms. The van der Waals surface area contributed by atoms with E-state index >= 15 is 0 Å². The molecule has 0 bridgehead atoms. The summed E-state index contributed by atoms with van der Waals surface area (Å²) >= 11 is 0. The average Bonchev–Trinajstić information content (AvgIpc) is 2.47. The van der Waals surface area contributed by atoms with Crippen LogP contribution in [-0.2, 0) is 11.3 Å². The summed E-state index contributed by atoms with van der Waals surface area (Å²) in [6, 6.07) is 10.4. The summed E-state index contributed by atoms with van der Waals surface area (Å²) in [5.74, 6) is 0.477. The smallest absolute Gasteiger partial charge is 0.0717 e. The highest BCUT2D eigenvalue weighted by molar-refractivity contribution is 5.13. The van der Waals surface area contributed by atoms with Gasteiger partial charge in [-0.05, 0) is 36.9 Å². The maximum Gasteiger partial charge on any atom is 0.0717 e. The Bertz CT molecular complexity index is 368. The van der Waals surface area contributed by atoms with Crippen molar-refractivity contribution >= 4 is 0 Å². The third-order valence-corrected chi connectivity index (χ3v) is 3.51. The van der Waals surface area contributed by atoms with Gasteiger partial charge in [-0.25, -0.2) is 0 Å². The molecular weight excluding hydrogens is 234 g/mol. The Labute approximate surface area is 117 Å². The molecule has 1 fully saturated rings. The number of nitrogens with zero attached hydrogens (tertiary/aromatic N) is 1. The first-order valence-electron chi connectivity index (χ1n) is 7.38. The van der Waals surface area contributed by atoms with Crippen molar-refractivity contribution in [2.24, 2.45) is 5.92 Å². The number of piperidine rings is 1. The third kappa shape index (κ3) is 5.48. The molecule has 104 valence electrons. The van der Waals surface area contributed by atoms with E-state index in [1.54, 1.807) is 0 Å². The highest BCUT2D eigenvalue weighted by atomic mass is 16.5. The highest BCUT2D eigenvalue weighted by Gasteiger charge is 2.06. The molecule has 1 aliphatic rings. The Hall–Kier alpha value is -1.28. The van der Waals surface area contributed by atoms with Gasteiger partial charge >= 0.3 is 0 Å². The SMILES string of the molecule is CC(C=CN1CCCCC1)COCc1ccccc1. The van der Waals surface area contributed by atoms with Crippen molar-refractivity contribution in [3.05, 3.63) is 48.2 Å². The Morgan fingerprint density at radius 3 is 2.63 bits per heavy atom. The van der Waals surface area contributed by atoms with E-state index in [1.807, 2.05) is 6.07 Å². The number of rotatable bonds is 6. The van der Waals surface area contributed by atoms with Gasteiger partial charge < -0.3 is 9.64 Å². The van der Waals surface area contributed by atoms with Crippen molar-refractivity contribution < 1.29 is 4.74 Å². The van der Waals surface area contributed by atoms with Crippen LogP contribution in [0.15, 0.2) is 42.6 Å². The molecule has 1 saturated heterocycles. The van der Waals surface area contributed by atoms with E-state index in [0.29, 0.717) is 12.5 Å². The van der Waals surface area contributed by atoms with Crippen LogP contribution in [0, 0.1) is 5.92 Å². The zero-order valence-corrected chi connectivity index (χ0v) is 11.9. The zero-order valence-electron chi connectivity index (χ0n) is 11.9. The summed E-state index contributed by atoms with van der Waals surface area (Å²) < 4.78 is 5.75. The van der Waals surface area contributed by atoms with E-state index in [4.69, 9.17) is 4.74 Å². The summed E-state index contributed by atoms with van der Waals surface area (Å²) in [7, 11) is 0. The van der Waals surface area contributed by atoms with Crippen molar-refractivity contribution in [3.63, 3.8) is 0 Å². The molecule has 0 spiro atoms. The van der Waals surface area contributed by atoms with Crippen LogP contribution < -0.4 is 0 Å². The third-order valence-electron chi connectivity index (χ3n) is 3.51. The summed E-state index contributed by atoms with van der Waals surface area (Å²) in [5, 5.41) is 0. The first kappa shape index (κ1) is 14.1. The van der Waals surface area contributed by atoms with Crippen LogP contribution in [0.25, 0.3) is 0 Å². The van der Waals surface area contributed by atoms with Crippen LogP contribution in [0.2, 0.25) is 0 Å². The predicted octanol–water partition coefficient (Wildman–Crippen LogP) is 3.84. The van der Waals surface area contributed by atoms with Crippen LogP contribution in [0.5, 0.6) is 0 Å². The summed E-state index contributed by atoms with van der Waals surface area (Å²) in [5.41, 5.74) is 1.25. The standard InChI is InChI=1S/C17H25NO/c1-16(10-13-18-11-6-3-7-12-18)14-19-15-17-8-4-2-5-9-17/h2,4-5,8-10,13,16H,3,6-7,11-12,14-15H2,1H3. The van der Waals surface area contributed by atoms with E-state index in [0.717, 1.165) is 6.61 Å². The first-order valence-corrected chi connectivity index (χ1v) is 7.38. The topological polar surface area (TPSA) is 12.5 Å². The van der Waals surface area contributed by atoms with E-state index in [2.05, 4.69) is 48.4 Å². The van der Waals surface area contributed by atoms with Crippen molar-refractivity contribution in [3.8, 4) is 0 Å². The molecule has 0 aliphatic carbocycles. The summed E-state index contributed by atoms with van der Waals surface area (Å²) in [6.45, 7) is 6.15. The molecule has 1 aliphatic heterocycles. The second kappa shape index (κ2) is 8.00. The molecular formula is C17H25NO. The van der Waals surface area contributed by atoms with E-state index in [-0.39, 0.29) is 0 Å². The Morgan fingerprint density at radius 1 is 1.16 bits per heavy atom. The number of hydrogen-bond donors (Lipinski definition) is 0. The van der Waals surface area contributed by atoms with E-state index < -0.39 is 0 Å². The highest BCUT2D eigenvalue weighted by Crippen LogP contribution is 2.10. The van der Waals surface area contributed by atoms with Crippen molar-refractivity contribution in [2.75, 3.05) is 19.7 Å². The quantitative estimate of drug-likeness (QED) is 0.769. The number of hydrogen-bond acceptors (Lipinski definition) is 2. The fraction of sp³-hybridized carbons (Fsp3) is 0.529. The monoisotopic (exact) mass is 259 g/mol. The molecule has 1 unspecified atom stereocenters. The molecule has 0 radical (unpaired) electrons. The first-order chi connectivity index (χ1) is 9.34. The maximum absolute atomic E-state index is 5.75. The van der Waals surface area contributed by atoms with Gasteiger partial charge in [0.1, 0.15) is 0 Å². The van der Waals surface area contributed by atoms with Crippen LogP contribution in [-0.4, -0.2) is 24.6 Å². The van der Waals surface area contributed by atoms with Gasteiger partial charge in [0.05, 0.1) is 13.2 Å². The molecule has 1 aromatic rings. The van der Waals surface area contributed by atoms with Crippen molar-refractivity contribution in [1.82, 2.24) is 4.90 Å². The Kier molecular flexibility index (Phi) is 5.96. The van der Waals surface area contributed by atoms with Gasteiger partial charge in [-0.15, -0.1) is 0 Å². The fourth-order valence-electron chi connectivity index (χ4n) is 2.33. The maximum atomic E-state index is 5.75. The molecule has 0 aromatic heterocycles. The van der Waals surface area contributed by atoms with Gasteiger partial charge in [-0.1, -0.05) is 43.3 Å². The van der Waals surface area contributed by atoms with Crippen molar-refractivity contribution in [1.29, 1.82) is 0 Å². The van der Waals surface area contributed by atoms with E-state index in [1.165, 1.54) is 37.9 Å². The minimum atomic E-state index is 0.477. The van der Waals surface area contributed by atoms with Crippen LogP contribution in [0.1, 0.15) is 31.7 Å². The molecule has 1 heterocycles. The Balaban J connectivity index is 1.64. The van der Waals surface area contributed by atoms with Gasteiger partial charge in [0.2, 0.25) is 0 Å². The lowest BCUT2D eigenvalue weighted by Gasteiger charge is -2.25. The number of benzene rings is 1. The van der Waals surface area contributed by atoms with Gasteiger partial charge in [-0.2, -0.15) is 0 Å². The molecule has 1 aromatic carbocycles. The van der Waals surface area contributed by atoms with Gasteiger partial charge in [-0.3, -0.25) is 0 Å². The lowest BCUT2D eigenvalue weighted by Crippen LogP contribution is -2.24. The molecule has 0 N–H and O–H groups in total. The van der Waals surface area contributed by atoms with Crippen LogP contribution in [0.3, 0.4) is 0 Å². The summed E-state index contributed by atoms with van der Waals surface area (Å²) in [6.07, 6.45) is 8.60. The minimum Gasteiger partial charge on any atom is -0.378 e. The Morgan fingerprint density at radius 2 is 1.89 bits per heavy atom. The van der Waals surface area contributed by atoms with Gasteiger partial charge in [0.25, 0.3) is 0 Å².